The lowest BCUT2D eigenvalue weighted by Crippen LogP contribution is -2.54. The third-order valence-electron chi connectivity index (χ3n) is 6.61. The highest BCUT2D eigenvalue weighted by atomic mass is 16.3. The molecule has 0 aromatic heterocycles. The van der Waals surface area contributed by atoms with Gasteiger partial charge in [-0.1, -0.05) is 19.3 Å². The zero-order valence-electron chi connectivity index (χ0n) is 15.5. The van der Waals surface area contributed by atoms with Crippen LogP contribution in [0.4, 0.5) is 0 Å². The van der Waals surface area contributed by atoms with Crippen LogP contribution in [0.25, 0.3) is 0 Å². The van der Waals surface area contributed by atoms with E-state index in [4.69, 9.17) is 0 Å². The van der Waals surface area contributed by atoms with Crippen molar-refractivity contribution in [2.75, 3.05) is 19.7 Å². The van der Waals surface area contributed by atoms with Crippen molar-refractivity contribution in [2.45, 2.75) is 82.4 Å². The van der Waals surface area contributed by atoms with Crippen LogP contribution < -0.4 is 0 Å². The van der Waals surface area contributed by atoms with Gasteiger partial charge >= 0.3 is 0 Å². The number of likely N-dealkylation sites (tertiary alicyclic amines) is 2. The molecule has 0 aromatic carbocycles. The van der Waals surface area contributed by atoms with Gasteiger partial charge in [-0.25, -0.2) is 0 Å². The number of carbonyl (C=O) groups excluding carboxylic acids is 2. The molecule has 2 aliphatic heterocycles. The zero-order chi connectivity index (χ0) is 18.2. The van der Waals surface area contributed by atoms with Gasteiger partial charge in [0.25, 0.3) is 0 Å². The molecule has 25 heavy (non-hydrogen) atoms. The van der Waals surface area contributed by atoms with Crippen molar-refractivity contribution in [1.29, 1.82) is 0 Å². The van der Waals surface area contributed by atoms with E-state index in [1.54, 1.807) is 6.92 Å². The lowest BCUT2D eigenvalue weighted by molar-refractivity contribution is -0.141. The molecule has 1 aliphatic carbocycles. The normalized spacial score (nSPS) is 34.7. The van der Waals surface area contributed by atoms with E-state index >= 15 is 0 Å². The molecule has 0 aromatic rings. The molecule has 3 atom stereocenters. The van der Waals surface area contributed by atoms with E-state index in [9.17, 15) is 19.8 Å². The van der Waals surface area contributed by atoms with Crippen LogP contribution in [-0.4, -0.2) is 68.7 Å². The van der Waals surface area contributed by atoms with Crippen LogP contribution in [0.2, 0.25) is 0 Å². The molecule has 3 rings (SSSR count). The van der Waals surface area contributed by atoms with Gasteiger partial charge < -0.3 is 20.0 Å². The molecule has 6 nitrogen and oxygen atoms in total. The standard InChI is InChI=1S/C19H32N2O4/c1-14(23)21-16-6-9-20(12-15(16)10-18(21,2)13-22)17(24)11-19(25)7-4-3-5-8-19/h15-16,22,25H,3-13H2,1-2H3/t15-,16-,18+/m0/s1. The molecule has 6 heteroatoms. The molecule has 3 fully saturated rings. The summed E-state index contributed by atoms with van der Waals surface area (Å²) in [6, 6.07) is 0.108. The molecule has 142 valence electrons. The number of fused-ring (bicyclic) bond motifs is 1. The molecule has 0 unspecified atom stereocenters. The van der Waals surface area contributed by atoms with Crippen molar-refractivity contribution in [2.24, 2.45) is 5.92 Å². The number of aliphatic hydroxyl groups is 2. The Morgan fingerprint density at radius 2 is 1.88 bits per heavy atom. The Labute approximate surface area is 150 Å². The average molecular weight is 352 g/mol. The fraction of sp³-hybridized carbons (Fsp3) is 0.895. The summed E-state index contributed by atoms with van der Waals surface area (Å²) in [6.45, 7) is 4.70. The topological polar surface area (TPSA) is 81.1 Å². The average Bonchev–Trinajstić information content (AvgIpc) is 2.87. The van der Waals surface area contributed by atoms with E-state index in [1.807, 2.05) is 16.7 Å². The van der Waals surface area contributed by atoms with Crippen LogP contribution in [0.5, 0.6) is 0 Å². The molecular weight excluding hydrogens is 320 g/mol. The van der Waals surface area contributed by atoms with Crippen molar-refractivity contribution < 1.29 is 19.8 Å². The maximum Gasteiger partial charge on any atom is 0.225 e. The van der Waals surface area contributed by atoms with Crippen molar-refractivity contribution in [3.8, 4) is 0 Å². The summed E-state index contributed by atoms with van der Waals surface area (Å²) in [4.78, 5) is 28.6. The van der Waals surface area contributed by atoms with Gasteiger partial charge in [0.15, 0.2) is 0 Å². The Kier molecular flexibility index (Phi) is 5.13. The predicted molar refractivity (Wildman–Crippen MR) is 93.8 cm³/mol. The SMILES string of the molecule is CC(=O)N1[C@H]2CCN(C(=O)CC3(O)CCCCC3)C[C@@H]2C[C@]1(C)CO. The molecule has 1 saturated carbocycles. The molecule has 3 aliphatic rings. The van der Waals surface area contributed by atoms with Crippen LogP contribution in [-0.2, 0) is 9.59 Å². The van der Waals surface area contributed by atoms with Crippen molar-refractivity contribution in [3.05, 3.63) is 0 Å². The van der Waals surface area contributed by atoms with Crippen LogP contribution in [0.1, 0.15) is 65.2 Å². The Morgan fingerprint density at radius 3 is 2.48 bits per heavy atom. The number of piperidine rings is 1. The summed E-state index contributed by atoms with van der Waals surface area (Å²) in [7, 11) is 0. The first-order valence-corrected chi connectivity index (χ1v) is 9.69. The fourth-order valence-electron chi connectivity index (χ4n) is 5.38. The van der Waals surface area contributed by atoms with Gasteiger partial charge in [-0.3, -0.25) is 9.59 Å². The van der Waals surface area contributed by atoms with Gasteiger partial charge in [0.1, 0.15) is 0 Å². The first-order valence-electron chi connectivity index (χ1n) is 9.69. The zero-order valence-corrected chi connectivity index (χ0v) is 15.5. The minimum Gasteiger partial charge on any atom is -0.394 e. The van der Waals surface area contributed by atoms with Gasteiger partial charge in [-0.05, 0) is 38.5 Å². The highest BCUT2D eigenvalue weighted by Gasteiger charge is 2.52. The highest BCUT2D eigenvalue weighted by molar-refractivity contribution is 5.78. The summed E-state index contributed by atoms with van der Waals surface area (Å²) in [5, 5.41) is 20.5. The van der Waals surface area contributed by atoms with Gasteiger partial charge in [0.05, 0.1) is 24.2 Å². The van der Waals surface area contributed by atoms with Crippen molar-refractivity contribution in [1.82, 2.24) is 9.80 Å². The molecule has 2 saturated heterocycles. The number of carbonyl (C=O) groups is 2. The van der Waals surface area contributed by atoms with Gasteiger partial charge in [-0.2, -0.15) is 0 Å². The highest BCUT2D eigenvalue weighted by Crippen LogP contribution is 2.42. The molecule has 0 spiro atoms. The Balaban J connectivity index is 1.65. The van der Waals surface area contributed by atoms with Crippen LogP contribution in [0.3, 0.4) is 0 Å². The first-order chi connectivity index (χ1) is 11.8. The van der Waals surface area contributed by atoms with Crippen LogP contribution in [0, 0.1) is 5.92 Å². The van der Waals surface area contributed by atoms with E-state index in [1.165, 1.54) is 0 Å². The first kappa shape index (κ1) is 18.6. The molecule has 0 bridgehead atoms. The minimum atomic E-state index is -0.826. The predicted octanol–water partition coefficient (Wildman–Crippen LogP) is 1.29. The number of aliphatic hydroxyl groups excluding tert-OH is 1. The summed E-state index contributed by atoms with van der Waals surface area (Å²) in [5.41, 5.74) is -1.35. The lowest BCUT2D eigenvalue weighted by atomic mass is 9.81. The van der Waals surface area contributed by atoms with Crippen molar-refractivity contribution in [3.63, 3.8) is 0 Å². The second-order valence-corrected chi connectivity index (χ2v) is 8.67. The number of nitrogens with zero attached hydrogens (tertiary/aromatic N) is 2. The Hall–Kier alpha value is -1.14. The summed E-state index contributed by atoms with van der Waals surface area (Å²) in [6.07, 6.45) is 6.28. The Bertz CT molecular complexity index is 532. The Morgan fingerprint density at radius 1 is 1.20 bits per heavy atom. The van der Waals surface area contributed by atoms with Gasteiger partial charge in [0, 0.05) is 26.1 Å². The van der Waals surface area contributed by atoms with E-state index in [2.05, 4.69) is 0 Å². The number of rotatable bonds is 3. The van der Waals surface area contributed by atoms with E-state index < -0.39 is 11.1 Å². The van der Waals surface area contributed by atoms with E-state index in [0.29, 0.717) is 13.1 Å². The smallest absolute Gasteiger partial charge is 0.225 e. The van der Waals surface area contributed by atoms with Crippen molar-refractivity contribution >= 4 is 11.8 Å². The number of amides is 2. The maximum atomic E-state index is 12.7. The molecule has 0 radical (unpaired) electrons. The number of hydrogen-bond donors (Lipinski definition) is 2. The van der Waals surface area contributed by atoms with E-state index in [-0.39, 0.29) is 36.8 Å². The third-order valence-corrected chi connectivity index (χ3v) is 6.61. The molecule has 2 N–H and O–H groups in total. The molecule has 2 heterocycles. The summed E-state index contributed by atoms with van der Waals surface area (Å²) >= 11 is 0. The lowest BCUT2D eigenvalue weighted by Gasteiger charge is -2.41. The van der Waals surface area contributed by atoms with Gasteiger partial charge in [0.2, 0.25) is 11.8 Å². The van der Waals surface area contributed by atoms with Crippen LogP contribution in [0.15, 0.2) is 0 Å². The second kappa shape index (κ2) is 6.88. The third kappa shape index (κ3) is 3.56. The van der Waals surface area contributed by atoms with Gasteiger partial charge in [-0.15, -0.1) is 0 Å². The second-order valence-electron chi connectivity index (χ2n) is 8.67. The fourth-order valence-corrected chi connectivity index (χ4v) is 5.38. The molecular formula is C19H32N2O4. The van der Waals surface area contributed by atoms with E-state index in [0.717, 1.165) is 44.9 Å². The van der Waals surface area contributed by atoms with Crippen LogP contribution >= 0.6 is 0 Å². The monoisotopic (exact) mass is 352 g/mol. The maximum absolute atomic E-state index is 12.7. The molecule has 2 amide bonds. The minimum absolute atomic E-state index is 0.000318. The number of hydrogen-bond acceptors (Lipinski definition) is 4. The summed E-state index contributed by atoms with van der Waals surface area (Å²) in [5.74, 6) is 0.245. The largest absolute Gasteiger partial charge is 0.394 e. The quantitative estimate of drug-likeness (QED) is 0.802. The summed E-state index contributed by atoms with van der Waals surface area (Å²) < 4.78 is 0.